The first-order valence-electron chi connectivity index (χ1n) is 4.64. The molecular formula is C11H10BrNOS. The fraction of sp³-hybridized carbons (Fsp3) is 0.182. The molecule has 2 aromatic rings. The van der Waals surface area contributed by atoms with Crippen LogP contribution < -0.4 is 4.74 Å². The van der Waals surface area contributed by atoms with Gasteiger partial charge < -0.3 is 4.74 Å². The van der Waals surface area contributed by atoms with Gasteiger partial charge >= 0.3 is 0 Å². The van der Waals surface area contributed by atoms with Crippen molar-refractivity contribution in [3.05, 3.63) is 33.6 Å². The Bertz CT molecular complexity index is 455. The molecule has 78 valence electrons. The van der Waals surface area contributed by atoms with Crippen LogP contribution in [0.15, 0.2) is 33.6 Å². The largest absolute Gasteiger partial charge is 0.493 e. The van der Waals surface area contributed by atoms with E-state index < -0.39 is 0 Å². The van der Waals surface area contributed by atoms with Crippen molar-refractivity contribution in [1.29, 1.82) is 0 Å². The third-order valence-corrected chi connectivity index (χ3v) is 3.30. The van der Waals surface area contributed by atoms with Gasteiger partial charge in [0.2, 0.25) is 0 Å². The van der Waals surface area contributed by atoms with Gasteiger partial charge in [-0.2, -0.15) is 0 Å². The Hall–Kier alpha value is -0.870. The van der Waals surface area contributed by atoms with E-state index in [0.29, 0.717) is 6.61 Å². The predicted molar refractivity (Wildman–Crippen MR) is 66.4 cm³/mol. The van der Waals surface area contributed by atoms with Crippen molar-refractivity contribution >= 4 is 27.3 Å². The number of benzene rings is 1. The fourth-order valence-corrected chi connectivity index (χ4v) is 2.35. The number of hydrogen-bond acceptors (Lipinski definition) is 3. The molecule has 0 fully saturated rings. The van der Waals surface area contributed by atoms with Crippen molar-refractivity contribution < 1.29 is 4.74 Å². The smallest absolute Gasteiger partial charge is 0.159 e. The van der Waals surface area contributed by atoms with E-state index >= 15 is 0 Å². The highest BCUT2D eigenvalue weighted by atomic mass is 79.9. The number of para-hydroxylation sites is 1. The fourth-order valence-electron chi connectivity index (χ4n) is 1.34. The number of hydrogen-bond donors (Lipinski definition) is 0. The van der Waals surface area contributed by atoms with Crippen molar-refractivity contribution in [2.75, 3.05) is 6.61 Å². The minimum absolute atomic E-state index is 0.669. The van der Waals surface area contributed by atoms with Crippen molar-refractivity contribution in [3.8, 4) is 17.0 Å². The number of ether oxygens (including phenoxy) is 1. The van der Waals surface area contributed by atoms with Crippen LogP contribution in [-0.2, 0) is 0 Å². The number of aromatic nitrogens is 1. The lowest BCUT2D eigenvalue weighted by Crippen LogP contribution is -1.93. The zero-order valence-electron chi connectivity index (χ0n) is 8.24. The van der Waals surface area contributed by atoms with Crippen LogP contribution in [0.5, 0.6) is 5.75 Å². The Kier molecular flexibility index (Phi) is 3.38. The molecule has 2 rings (SSSR count). The summed E-state index contributed by atoms with van der Waals surface area (Å²) in [4.78, 5) is 4.38. The van der Waals surface area contributed by atoms with Crippen LogP contribution in [-0.4, -0.2) is 11.6 Å². The van der Waals surface area contributed by atoms with Gasteiger partial charge in [-0.15, -0.1) is 11.3 Å². The molecule has 0 spiro atoms. The highest BCUT2D eigenvalue weighted by molar-refractivity contribution is 9.11. The monoisotopic (exact) mass is 283 g/mol. The maximum atomic E-state index is 5.55. The maximum absolute atomic E-state index is 5.55. The summed E-state index contributed by atoms with van der Waals surface area (Å²) in [6.07, 6.45) is 0. The molecule has 1 heterocycles. The topological polar surface area (TPSA) is 22.1 Å². The Morgan fingerprint density at radius 2 is 2.20 bits per heavy atom. The molecule has 1 aromatic heterocycles. The summed E-state index contributed by atoms with van der Waals surface area (Å²) in [7, 11) is 0. The van der Waals surface area contributed by atoms with Crippen LogP contribution in [0.25, 0.3) is 11.3 Å². The predicted octanol–water partition coefficient (Wildman–Crippen LogP) is 3.97. The summed E-state index contributed by atoms with van der Waals surface area (Å²) in [5, 5.41) is 2.02. The molecule has 0 atom stereocenters. The van der Waals surface area contributed by atoms with Crippen molar-refractivity contribution in [3.63, 3.8) is 0 Å². The average Bonchev–Trinajstić information content (AvgIpc) is 2.66. The second kappa shape index (κ2) is 4.77. The molecule has 0 unspecified atom stereocenters. The van der Waals surface area contributed by atoms with Gasteiger partial charge in [0.15, 0.2) is 3.92 Å². The van der Waals surface area contributed by atoms with Crippen molar-refractivity contribution in [2.45, 2.75) is 6.92 Å². The Labute approximate surface area is 101 Å². The molecule has 2 nitrogen and oxygen atoms in total. The minimum Gasteiger partial charge on any atom is -0.493 e. The van der Waals surface area contributed by atoms with E-state index in [1.165, 1.54) is 0 Å². The minimum atomic E-state index is 0.669. The van der Waals surface area contributed by atoms with Crippen LogP contribution in [0.1, 0.15) is 6.92 Å². The first kappa shape index (κ1) is 10.6. The van der Waals surface area contributed by atoms with Crippen molar-refractivity contribution in [2.24, 2.45) is 0 Å². The average molecular weight is 284 g/mol. The lowest BCUT2D eigenvalue weighted by Gasteiger charge is -2.07. The van der Waals surface area contributed by atoms with Gasteiger partial charge in [-0.1, -0.05) is 12.1 Å². The Morgan fingerprint density at radius 3 is 2.87 bits per heavy atom. The van der Waals surface area contributed by atoms with E-state index in [-0.39, 0.29) is 0 Å². The molecule has 1 aromatic carbocycles. The number of thiazole rings is 1. The quantitative estimate of drug-likeness (QED) is 0.850. The maximum Gasteiger partial charge on any atom is 0.159 e. The molecule has 0 bridgehead atoms. The summed E-state index contributed by atoms with van der Waals surface area (Å²) in [6, 6.07) is 7.94. The van der Waals surface area contributed by atoms with Gasteiger partial charge in [0, 0.05) is 10.9 Å². The molecule has 0 aliphatic carbocycles. The third kappa shape index (κ3) is 2.38. The highest BCUT2D eigenvalue weighted by Gasteiger charge is 2.08. The molecular weight excluding hydrogens is 274 g/mol. The van der Waals surface area contributed by atoms with Crippen LogP contribution >= 0.6 is 27.3 Å². The lowest BCUT2D eigenvalue weighted by molar-refractivity contribution is 0.341. The third-order valence-electron chi connectivity index (χ3n) is 1.94. The molecule has 0 saturated heterocycles. The molecule has 15 heavy (non-hydrogen) atoms. The van der Waals surface area contributed by atoms with Gasteiger partial charge in [-0.05, 0) is 35.0 Å². The molecule has 0 N–H and O–H groups in total. The van der Waals surface area contributed by atoms with Crippen LogP contribution in [0, 0.1) is 0 Å². The van der Waals surface area contributed by atoms with Crippen LogP contribution in [0.2, 0.25) is 0 Å². The van der Waals surface area contributed by atoms with Crippen molar-refractivity contribution in [1.82, 2.24) is 4.98 Å². The molecule has 0 amide bonds. The molecule has 0 radical (unpaired) electrons. The number of nitrogens with zero attached hydrogens (tertiary/aromatic N) is 1. The van der Waals surface area contributed by atoms with Crippen LogP contribution in [0.4, 0.5) is 0 Å². The summed E-state index contributed by atoms with van der Waals surface area (Å²) >= 11 is 4.94. The summed E-state index contributed by atoms with van der Waals surface area (Å²) in [5.74, 6) is 0.887. The normalized spacial score (nSPS) is 10.3. The SMILES string of the molecule is CCOc1ccccc1-c1csc(Br)n1. The van der Waals surface area contributed by atoms with Gasteiger partial charge in [0.05, 0.1) is 12.3 Å². The second-order valence-electron chi connectivity index (χ2n) is 2.91. The molecule has 0 aliphatic heterocycles. The standard InChI is InChI=1S/C11H10BrNOS/c1-2-14-10-6-4-3-5-8(10)9-7-15-11(12)13-9/h3-7H,2H2,1H3. The summed E-state index contributed by atoms with van der Waals surface area (Å²) in [6.45, 7) is 2.65. The highest BCUT2D eigenvalue weighted by Crippen LogP contribution is 2.31. The van der Waals surface area contributed by atoms with E-state index in [9.17, 15) is 0 Å². The zero-order chi connectivity index (χ0) is 10.7. The van der Waals surface area contributed by atoms with Gasteiger partial charge in [-0.25, -0.2) is 4.98 Å². The summed E-state index contributed by atoms with van der Waals surface area (Å²) < 4.78 is 6.44. The van der Waals surface area contributed by atoms with E-state index in [0.717, 1.165) is 20.9 Å². The Morgan fingerprint density at radius 1 is 1.40 bits per heavy atom. The first-order valence-corrected chi connectivity index (χ1v) is 6.31. The lowest BCUT2D eigenvalue weighted by atomic mass is 10.1. The second-order valence-corrected chi connectivity index (χ2v) is 5.05. The van der Waals surface area contributed by atoms with Gasteiger partial charge in [-0.3, -0.25) is 0 Å². The first-order chi connectivity index (χ1) is 7.31. The van der Waals surface area contributed by atoms with E-state index in [1.807, 2.05) is 36.6 Å². The van der Waals surface area contributed by atoms with E-state index in [2.05, 4.69) is 20.9 Å². The van der Waals surface area contributed by atoms with E-state index in [1.54, 1.807) is 11.3 Å². The Balaban J connectivity index is 2.42. The molecule has 0 aliphatic rings. The zero-order valence-corrected chi connectivity index (χ0v) is 10.6. The van der Waals surface area contributed by atoms with E-state index in [4.69, 9.17) is 4.74 Å². The number of halogens is 1. The van der Waals surface area contributed by atoms with Gasteiger partial charge in [0.25, 0.3) is 0 Å². The molecule has 0 saturated carbocycles. The number of rotatable bonds is 3. The van der Waals surface area contributed by atoms with Gasteiger partial charge in [0.1, 0.15) is 5.75 Å². The summed E-state index contributed by atoms with van der Waals surface area (Å²) in [5.41, 5.74) is 2.00. The molecule has 4 heteroatoms. The van der Waals surface area contributed by atoms with Crippen LogP contribution in [0.3, 0.4) is 0 Å².